The van der Waals surface area contributed by atoms with Gasteiger partial charge in [-0.3, -0.25) is 4.40 Å². The van der Waals surface area contributed by atoms with E-state index in [9.17, 15) is 0 Å². The van der Waals surface area contributed by atoms with Crippen LogP contribution in [-0.2, 0) is 13.0 Å². The number of rotatable bonds is 6. The molecule has 0 unspecified atom stereocenters. The molecule has 0 amide bonds. The second kappa shape index (κ2) is 6.32. The monoisotopic (exact) mass is 283 g/mol. The number of nitrogens with zero attached hydrogens (tertiary/aromatic N) is 4. The average molecular weight is 283 g/mol. The third kappa shape index (κ3) is 3.17. The molecule has 0 spiro atoms. The third-order valence-electron chi connectivity index (χ3n) is 3.25. The molecule has 0 aliphatic rings. The highest BCUT2D eigenvalue weighted by molar-refractivity contribution is 5.37. The molecule has 0 fully saturated rings. The zero-order chi connectivity index (χ0) is 14.5. The zero-order valence-electron chi connectivity index (χ0n) is 11.9. The van der Waals surface area contributed by atoms with Crippen LogP contribution in [0.2, 0.25) is 0 Å². The molecule has 108 valence electrons. The molecular weight excluding hydrogens is 266 g/mol. The minimum atomic E-state index is 0.633. The van der Waals surface area contributed by atoms with Crippen molar-refractivity contribution in [3.05, 3.63) is 54.1 Å². The Balaban J connectivity index is 1.51. The van der Waals surface area contributed by atoms with Crippen molar-refractivity contribution < 1.29 is 4.74 Å². The summed E-state index contributed by atoms with van der Waals surface area (Å²) in [5, 5.41) is 11.7. The number of nitrogens with one attached hydrogen (secondary N) is 1. The third-order valence-corrected chi connectivity index (χ3v) is 3.25. The molecule has 3 aromatic heterocycles. The second-order valence-corrected chi connectivity index (χ2v) is 4.68. The first kappa shape index (κ1) is 13.5. The summed E-state index contributed by atoms with van der Waals surface area (Å²) in [7, 11) is 1.61. The van der Waals surface area contributed by atoms with E-state index in [-0.39, 0.29) is 0 Å². The van der Waals surface area contributed by atoms with Crippen LogP contribution < -0.4 is 10.1 Å². The van der Waals surface area contributed by atoms with Crippen molar-refractivity contribution in [1.82, 2.24) is 24.9 Å². The zero-order valence-corrected chi connectivity index (χ0v) is 11.9. The maximum Gasteiger partial charge on any atom is 0.212 e. The summed E-state index contributed by atoms with van der Waals surface area (Å²) in [5.74, 6) is 1.60. The topological polar surface area (TPSA) is 64.3 Å². The molecule has 0 aromatic carbocycles. The molecule has 3 aromatic rings. The first-order chi connectivity index (χ1) is 10.4. The van der Waals surface area contributed by atoms with Gasteiger partial charge < -0.3 is 10.1 Å². The van der Waals surface area contributed by atoms with E-state index in [1.165, 1.54) is 0 Å². The van der Waals surface area contributed by atoms with E-state index >= 15 is 0 Å². The van der Waals surface area contributed by atoms with Gasteiger partial charge in [0.2, 0.25) is 5.88 Å². The lowest BCUT2D eigenvalue weighted by atomic mass is 10.3. The van der Waals surface area contributed by atoms with Gasteiger partial charge in [0.25, 0.3) is 0 Å². The molecule has 0 aliphatic heterocycles. The summed E-state index contributed by atoms with van der Waals surface area (Å²) in [6.07, 6.45) is 4.63. The van der Waals surface area contributed by atoms with Crippen molar-refractivity contribution in [1.29, 1.82) is 0 Å². The molecule has 0 saturated carbocycles. The van der Waals surface area contributed by atoms with Crippen molar-refractivity contribution >= 4 is 5.65 Å². The van der Waals surface area contributed by atoms with Crippen molar-refractivity contribution in [2.24, 2.45) is 0 Å². The van der Waals surface area contributed by atoms with E-state index in [0.717, 1.165) is 36.5 Å². The molecule has 6 heteroatoms. The second-order valence-electron chi connectivity index (χ2n) is 4.68. The molecule has 1 N–H and O–H groups in total. The Labute approximate surface area is 122 Å². The van der Waals surface area contributed by atoms with E-state index < -0.39 is 0 Å². The number of pyridine rings is 2. The van der Waals surface area contributed by atoms with Crippen LogP contribution in [0.4, 0.5) is 0 Å². The Morgan fingerprint density at radius 2 is 2.14 bits per heavy atom. The molecular formula is C15H17N5O. The van der Waals surface area contributed by atoms with Crippen LogP contribution in [0.15, 0.2) is 42.7 Å². The number of fused-ring (bicyclic) bond motifs is 1. The lowest BCUT2D eigenvalue weighted by Gasteiger charge is -2.05. The first-order valence-corrected chi connectivity index (χ1v) is 6.85. The highest BCUT2D eigenvalue weighted by Crippen LogP contribution is 2.06. The normalized spacial score (nSPS) is 10.9. The van der Waals surface area contributed by atoms with Crippen LogP contribution in [-0.4, -0.2) is 33.2 Å². The van der Waals surface area contributed by atoms with Gasteiger partial charge in [-0.2, -0.15) is 0 Å². The predicted octanol–water partition coefficient (Wildman–Crippen LogP) is 1.47. The smallest absolute Gasteiger partial charge is 0.212 e. The van der Waals surface area contributed by atoms with E-state index in [0.29, 0.717) is 5.88 Å². The minimum Gasteiger partial charge on any atom is -0.481 e. The lowest BCUT2D eigenvalue weighted by molar-refractivity contribution is 0.397. The van der Waals surface area contributed by atoms with Crippen LogP contribution in [0.5, 0.6) is 5.88 Å². The molecule has 0 radical (unpaired) electrons. The van der Waals surface area contributed by atoms with Crippen LogP contribution >= 0.6 is 0 Å². The summed E-state index contributed by atoms with van der Waals surface area (Å²) in [4.78, 5) is 4.18. The van der Waals surface area contributed by atoms with Gasteiger partial charge in [-0.15, -0.1) is 10.2 Å². The van der Waals surface area contributed by atoms with Gasteiger partial charge in [0.05, 0.1) is 7.11 Å². The van der Waals surface area contributed by atoms with Crippen molar-refractivity contribution in [2.45, 2.75) is 13.0 Å². The van der Waals surface area contributed by atoms with E-state index in [1.54, 1.807) is 7.11 Å². The maximum atomic E-state index is 5.04. The van der Waals surface area contributed by atoms with Crippen LogP contribution in [0.3, 0.4) is 0 Å². The molecule has 0 atom stereocenters. The van der Waals surface area contributed by atoms with Crippen LogP contribution in [0.25, 0.3) is 5.65 Å². The quantitative estimate of drug-likeness (QED) is 0.694. The largest absolute Gasteiger partial charge is 0.481 e. The average Bonchev–Trinajstić information content (AvgIpc) is 2.95. The fourth-order valence-electron chi connectivity index (χ4n) is 2.13. The molecule has 0 bridgehead atoms. The Bertz CT molecular complexity index is 707. The number of methoxy groups -OCH3 is 1. The summed E-state index contributed by atoms with van der Waals surface area (Å²) in [5.41, 5.74) is 2.01. The van der Waals surface area contributed by atoms with E-state index in [1.807, 2.05) is 47.1 Å². The van der Waals surface area contributed by atoms with Gasteiger partial charge in [0.15, 0.2) is 5.65 Å². The number of hydrogen-bond acceptors (Lipinski definition) is 5. The van der Waals surface area contributed by atoms with Crippen molar-refractivity contribution in [3.8, 4) is 5.88 Å². The predicted molar refractivity (Wildman–Crippen MR) is 79.2 cm³/mol. The number of aromatic nitrogens is 4. The Hall–Kier alpha value is -2.47. The van der Waals surface area contributed by atoms with Crippen LogP contribution in [0.1, 0.15) is 11.4 Å². The molecule has 3 heterocycles. The van der Waals surface area contributed by atoms with Crippen molar-refractivity contribution in [3.63, 3.8) is 0 Å². The van der Waals surface area contributed by atoms with E-state index in [4.69, 9.17) is 4.74 Å². The minimum absolute atomic E-state index is 0.633. The standard InChI is InChI=1S/C15H17N5O/c1-21-15-6-5-12(11-17-15)10-16-8-7-14-19-18-13-4-2-3-9-20(13)14/h2-6,9,11,16H,7-8,10H2,1H3. The Kier molecular flexibility index (Phi) is 4.07. The maximum absolute atomic E-state index is 5.04. The summed E-state index contributed by atoms with van der Waals surface area (Å²) in [6, 6.07) is 9.76. The molecule has 0 saturated heterocycles. The highest BCUT2D eigenvalue weighted by Gasteiger charge is 2.03. The fourth-order valence-corrected chi connectivity index (χ4v) is 2.13. The van der Waals surface area contributed by atoms with Gasteiger partial charge in [-0.25, -0.2) is 4.98 Å². The molecule has 0 aliphatic carbocycles. The van der Waals surface area contributed by atoms with Gasteiger partial charge in [-0.05, 0) is 17.7 Å². The number of ether oxygens (including phenoxy) is 1. The molecule has 21 heavy (non-hydrogen) atoms. The Morgan fingerprint density at radius 3 is 2.95 bits per heavy atom. The molecule has 3 rings (SSSR count). The summed E-state index contributed by atoms with van der Waals surface area (Å²) in [6.45, 7) is 1.61. The van der Waals surface area contributed by atoms with Gasteiger partial charge in [0, 0.05) is 38.0 Å². The summed E-state index contributed by atoms with van der Waals surface area (Å²) >= 11 is 0. The van der Waals surface area contributed by atoms with E-state index in [2.05, 4.69) is 20.5 Å². The lowest BCUT2D eigenvalue weighted by Crippen LogP contribution is -2.17. The van der Waals surface area contributed by atoms with Crippen molar-refractivity contribution in [2.75, 3.05) is 13.7 Å². The first-order valence-electron chi connectivity index (χ1n) is 6.85. The SMILES string of the molecule is COc1ccc(CNCCc2nnc3ccccn23)cn1. The fraction of sp³-hybridized carbons (Fsp3) is 0.267. The Morgan fingerprint density at radius 1 is 1.19 bits per heavy atom. The summed E-state index contributed by atoms with van der Waals surface area (Å²) < 4.78 is 7.05. The van der Waals surface area contributed by atoms with Gasteiger partial charge in [-0.1, -0.05) is 12.1 Å². The van der Waals surface area contributed by atoms with Gasteiger partial charge >= 0.3 is 0 Å². The number of hydrogen-bond donors (Lipinski definition) is 1. The highest BCUT2D eigenvalue weighted by atomic mass is 16.5. The molecule has 6 nitrogen and oxygen atoms in total. The van der Waals surface area contributed by atoms with Gasteiger partial charge in [0.1, 0.15) is 5.82 Å². The van der Waals surface area contributed by atoms with Crippen LogP contribution in [0, 0.1) is 0 Å².